The number of hydrogen-bond donors (Lipinski definition) is 2. The molecule has 0 aromatic heterocycles. The molecule has 0 rings (SSSR count). The minimum Gasteiger partial charge on any atom is -0.480 e. The van der Waals surface area contributed by atoms with Crippen molar-refractivity contribution in [3.05, 3.63) is 60.8 Å². The van der Waals surface area contributed by atoms with Crippen molar-refractivity contribution in [3.63, 3.8) is 0 Å². The van der Waals surface area contributed by atoms with Crippen LogP contribution in [0.2, 0.25) is 0 Å². The third-order valence-corrected chi connectivity index (χ3v) is 9.91. The molecule has 2 N–H and O–H groups in total. The predicted molar refractivity (Wildman–Crippen MR) is 235 cm³/mol. The van der Waals surface area contributed by atoms with Gasteiger partial charge in [-0.05, 0) is 83.1 Å². The highest BCUT2D eigenvalue weighted by atomic mass is 16.5. The van der Waals surface area contributed by atoms with Crippen molar-refractivity contribution in [2.24, 2.45) is 0 Å². The molecule has 1 atom stereocenters. The van der Waals surface area contributed by atoms with Crippen molar-refractivity contribution in [2.45, 2.75) is 225 Å². The molecule has 0 bridgehead atoms. The van der Waals surface area contributed by atoms with Crippen LogP contribution in [0.3, 0.4) is 0 Å². The highest BCUT2D eigenvalue weighted by molar-refractivity contribution is 5.80. The van der Waals surface area contributed by atoms with Gasteiger partial charge in [0.2, 0.25) is 5.91 Å². The maximum absolute atomic E-state index is 12.7. The van der Waals surface area contributed by atoms with Crippen LogP contribution in [0, 0.1) is 0 Å². The summed E-state index contributed by atoms with van der Waals surface area (Å²) < 4.78 is 5.96. The Morgan fingerprint density at radius 2 is 0.945 bits per heavy atom. The van der Waals surface area contributed by atoms with Crippen LogP contribution >= 0.6 is 0 Å². The smallest absolute Gasteiger partial charge is 0.322 e. The zero-order chi connectivity index (χ0) is 40.1. The average molecular weight is 768 g/mol. The molecule has 0 aliphatic rings. The number of carbonyl (C=O) groups excluding carboxylic acids is 2. The van der Waals surface area contributed by atoms with E-state index in [2.05, 4.69) is 79.9 Å². The lowest BCUT2D eigenvalue weighted by Gasteiger charge is -2.15. The average Bonchev–Trinajstić information content (AvgIpc) is 3.17. The molecule has 0 aliphatic heterocycles. The number of carboxylic acid groups (broad SMARTS) is 1. The van der Waals surface area contributed by atoms with Gasteiger partial charge in [-0.15, -0.1) is 0 Å². The van der Waals surface area contributed by atoms with Crippen molar-refractivity contribution >= 4 is 17.8 Å². The number of nitrogens with one attached hydrogen (secondary N) is 1. The van der Waals surface area contributed by atoms with Gasteiger partial charge in [-0.2, -0.15) is 0 Å². The van der Waals surface area contributed by atoms with E-state index in [0.717, 1.165) is 89.9 Å². The lowest BCUT2D eigenvalue weighted by molar-refractivity contribution is -0.147. The van der Waals surface area contributed by atoms with Crippen LogP contribution in [0.5, 0.6) is 0 Å². The fourth-order valence-electron chi connectivity index (χ4n) is 6.53. The van der Waals surface area contributed by atoms with Gasteiger partial charge in [0.25, 0.3) is 0 Å². The number of carbonyl (C=O) groups is 3. The second-order valence-corrected chi connectivity index (χ2v) is 15.3. The first-order valence-electron chi connectivity index (χ1n) is 22.9. The summed E-state index contributed by atoms with van der Waals surface area (Å²) in [5.74, 6) is -1.27. The Morgan fingerprint density at radius 3 is 1.47 bits per heavy atom. The summed E-state index contributed by atoms with van der Waals surface area (Å²) in [6, 6.07) is 0. The molecule has 0 fully saturated rings. The van der Waals surface area contributed by atoms with Gasteiger partial charge in [-0.1, -0.05) is 184 Å². The van der Waals surface area contributed by atoms with Crippen LogP contribution < -0.4 is 5.32 Å². The summed E-state index contributed by atoms with van der Waals surface area (Å²) in [6.45, 7) is 4.11. The van der Waals surface area contributed by atoms with Crippen LogP contribution in [0.1, 0.15) is 219 Å². The van der Waals surface area contributed by atoms with Gasteiger partial charge >= 0.3 is 11.9 Å². The molecular weight excluding hydrogens is 683 g/mol. The first kappa shape index (κ1) is 52.1. The van der Waals surface area contributed by atoms with Gasteiger partial charge in [0, 0.05) is 12.8 Å². The van der Waals surface area contributed by atoms with E-state index in [1.165, 1.54) is 103 Å². The Morgan fingerprint density at radius 1 is 0.509 bits per heavy atom. The Kier molecular flexibility index (Phi) is 41.5. The summed E-state index contributed by atoms with van der Waals surface area (Å²) in [6.07, 6.45) is 58.0. The molecule has 6 nitrogen and oxygen atoms in total. The summed E-state index contributed by atoms with van der Waals surface area (Å²) in [7, 11) is 0. The molecule has 0 radical (unpaired) electrons. The maximum atomic E-state index is 12.7. The zero-order valence-electron chi connectivity index (χ0n) is 35.8. The number of esters is 1. The van der Waals surface area contributed by atoms with Gasteiger partial charge < -0.3 is 15.2 Å². The van der Waals surface area contributed by atoms with E-state index >= 15 is 0 Å². The lowest BCUT2D eigenvalue weighted by atomic mass is 10.0. The Labute approximate surface area is 339 Å². The largest absolute Gasteiger partial charge is 0.480 e. The molecule has 0 aliphatic carbocycles. The second kappa shape index (κ2) is 43.8. The topological polar surface area (TPSA) is 92.7 Å². The van der Waals surface area contributed by atoms with Crippen LogP contribution in [0.25, 0.3) is 0 Å². The fraction of sp³-hybridized carbons (Fsp3) is 0.735. The Balaban J connectivity index is 4.05. The molecule has 0 aromatic rings. The number of aliphatic carboxylic acids is 1. The number of amides is 1. The van der Waals surface area contributed by atoms with Crippen molar-refractivity contribution in [1.29, 1.82) is 0 Å². The molecule has 0 heterocycles. The van der Waals surface area contributed by atoms with Crippen LogP contribution in [0.4, 0.5) is 0 Å². The summed E-state index contributed by atoms with van der Waals surface area (Å²) in [4.78, 5) is 35.0. The van der Waals surface area contributed by atoms with E-state index in [4.69, 9.17) is 9.84 Å². The first-order valence-corrected chi connectivity index (χ1v) is 22.9. The normalized spacial score (nSPS) is 12.6. The second-order valence-electron chi connectivity index (χ2n) is 15.3. The molecule has 0 spiro atoms. The minimum atomic E-state index is -1.02. The van der Waals surface area contributed by atoms with Crippen molar-refractivity contribution in [1.82, 2.24) is 5.32 Å². The highest BCUT2D eigenvalue weighted by Crippen LogP contribution is 2.16. The molecular formula is C49H85NO5. The number of rotatable bonds is 41. The van der Waals surface area contributed by atoms with E-state index in [9.17, 15) is 14.4 Å². The third kappa shape index (κ3) is 43.7. The van der Waals surface area contributed by atoms with E-state index in [-0.39, 0.29) is 24.5 Å². The molecule has 1 unspecified atom stereocenters. The van der Waals surface area contributed by atoms with Crippen LogP contribution in [-0.4, -0.2) is 35.6 Å². The van der Waals surface area contributed by atoms with E-state index in [0.29, 0.717) is 12.8 Å². The highest BCUT2D eigenvalue weighted by Gasteiger charge is 2.12. The Bertz CT molecular complexity index is 1030. The van der Waals surface area contributed by atoms with E-state index in [1.54, 1.807) is 0 Å². The summed E-state index contributed by atoms with van der Waals surface area (Å²) in [5.41, 5.74) is 0. The third-order valence-electron chi connectivity index (χ3n) is 9.91. The predicted octanol–water partition coefficient (Wildman–Crippen LogP) is 14.4. The fourth-order valence-corrected chi connectivity index (χ4v) is 6.53. The number of allylic oxidation sites excluding steroid dienone is 9. The monoisotopic (exact) mass is 768 g/mol. The quantitative estimate of drug-likeness (QED) is 0.0367. The van der Waals surface area contributed by atoms with Crippen molar-refractivity contribution < 1.29 is 24.2 Å². The molecule has 55 heavy (non-hydrogen) atoms. The molecule has 0 saturated carbocycles. The molecule has 0 aromatic carbocycles. The van der Waals surface area contributed by atoms with Gasteiger partial charge in [-0.3, -0.25) is 14.4 Å². The van der Waals surface area contributed by atoms with Crippen LogP contribution in [0.15, 0.2) is 60.8 Å². The zero-order valence-corrected chi connectivity index (χ0v) is 35.8. The SMILES string of the molecule is CC/C=C\C/C=C\C/C=C\C/C=C\CCCCCCCCCCCCC(=O)OC(/C=C\CCCCCCCCC)CCCCCCCCC(=O)NCC(=O)O. The summed E-state index contributed by atoms with van der Waals surface area (Å²) in [5, 5.41) is 11.1. The van der Waals surface area contributed by atoms with E-state index in [1.807, 2.05) is 0 Å². The van der Waals surface area contributed by atoms with E-state index < -0.39 is 5.97 Å². The van der Waals surface area contributed by atoms with Gasteiger partial charge in [0.15, 0.2) is 0 Å². The van der Waals surface area contributed by atoms with Crippen molar-refractivity contribution in [3.8, 4) is 0 Å². The molecule has 316 valence electrons. The molecule has 0 saturated heterocycles. The summed E-state index contributed by atoms with van der Waals surface area (Å²) >= 11 is 0. The number of unbranched alkanes of at least 4 members (excludes halogenated alkanes) is 22. The number of hydrogen-bond acceptors (Lipinski definition) is 4. The Hall–Kier alpha value is -2.89. The number of ether oxygens (including phenoxy) is 1. The lowest BCUT2D eigenvalue weighted by Crippen LogP contribution is -2.28. The van der Waals surface area contributed by atoms with Gasteiger partial charge in [0.05, 0.1) is 0 Å². The molecule has 6 heteroatoms. The first-order chi connectivity index (χ1) is 27.0. The maximum Gasteiger partial charge on any atom is 0.322 e. The van der Waals surface area contributed by atoms with Crippen LogP contribution in [-0.2, 0) is 19.1 Å². The van der Waals surface area contributed by atoms with Crippen molar-refractivity contribution in [2.75, 3.05) is 6.54 Å². The standard InChI is InChI=1S/C49H85NO5/c1-3-5-7-9-11-13-14-15-16-17-18-19-20-21-22-23-24-25-26-28-30-36-40-44-49(54)55-46(41-37-33-29-27-12-10-8-6-4-2)42-38-34-31-32-35-39-43-47(51)50-45-48(52)53/h5,7,11,13,15-16,18-19,37,41,46H,3-4,6,8-10,12,14,17,20-36,38-40,42-45H2,1-2H3,(H,50,51)(H,52,53)/b7-5-,13-11-,16-15-,19-18-,41-37-. The number of carboxylic acids is 1. The van der Waals surface area contributed by atoms with Gasteiger partial charge in [0.1, 0.15) is 12.6 Å². The molecule has 1 amide bonds. The minimum absolute atomic E-state index is 0.0583. The van der Waals surface area contributed by atoms with Gasteiger partial charge in [-0.25, -0.2) is 0 Å².